The van der Waals surface area contributed by atoms with Gasteiger partial charge in [-0.05, 0) is 24.1 Å². The Kier molecular flexibility index (Phi) is 7.34. The van der Waals surface area contributed by atoms with Crippen molar-refractivity contribution < 1.29 is 19.2 Å². The van der Waals surface area contributed by atoms with Gasteiger partial charge < -0.3 is 15.4 Å². The number of esters is 1. The molecular formula is C19H20ClN3O5. The van der Waals surface area contributed by atoms with Crippen LogP contribution in [0.4, 0.5) is 10.5 Å². The van der Waals surface area contributed by atoms with E-state index in [4.69, 9.17) is 16.3 Å². The first-order valence-electron chi connectivity index (χ1n) is 8.44. The fourth-order valence-electron chi connectivity index (χ4n) is 2.63. The van der Waals surface area contributed by atoms with Crippen molar-refractivity contribution in [3.05, 3.63) is 74.8 Å². The Labute approximate surface area is 167 Å². The average molecular weight is 406 g/mol. The van der Waals surface area contributed by atoms with Crippen molar-refractivity contribution in [1.29, 1.82) is 0 Å². The third-order valence-electron chi connectivity index (χ3n) is 4.11. The third-order valence-corrected chi connectivity index (χ3v) is 4.46. The van der Waals surface area contributed by atoms with Gasteiger partial charge in [-0.3, -0.25) is 14.9 Å². The molecule has 8 nitrogen and oxygen atoms in total. The number of urea groups is 1. The summed E-state index contributed by atoms with van der Waals surface area (Å²) in [5.41, 5.74) is 1.09. The number of nitrogens with one attached hydrogen (secondary N) is 2. The molecule has 2 atom stereocenters. The molecule has 0 spiro atoms. The lowest BCUT2D eigenvalue weighted by molar-refractivity contribution is -0.384. The van der Waals surface area contributed by atoms with Crippen molar-refractivity contribution >= 4 is 29.3 Å². The van der Waals surface area contributed by atoms with E-state index < -0.39 is 29.0 Å². The maximum atomic E-state index is 12.5. The summed E-state index contributed by atoms with van der Waals surface area (Å²) in [7, 11) is 1.26. The van der Waals surface area contributed by atoms with Gasteiger partial charge >= 0.3 is 12.0 Å². The van der Waals surface area contributed by atoms with Gasteiger partial charge in [-0.25, -0.2) is 4.79 Å². The van der Waals surface area contributed by atoms with Gasteiger partial charge in [0.15, 0.2) is 0 Å². The van der Waals surface area contributed by atoms with E-state index in [1.54, 1.807) is 43.3 Å². The van der Waals surface area contributed by atoms with E-state index in [1.807, 2.05) is 0 Å². The van der Waals surface area contributed by atoms with Crippen LogP contribution in [0.2, 0.25) is 5.02 Å². The lowest BCUT2D eigenvalue weighted by Crippen LogP contribution is -2.40. The molecule has 2 aromatic rings. The van der Waals surface area contributed by atoms with Gasteiger partial charge in [0.05, 0.1) is 30.5 Å². The molecule has 0 saturated carbocycles. The van der Waals surface area contributed by atoms with E-state index in [0.717, 1.165) is 0 Å². The van der Waals surface area contributed by atoms with Crippen LogP contribution in [0.1, 0.15) is 36.6 Å². The molecule has 2 amide bonds. The van der Waals surface area contributed by atoms with E-state index in [0.29, 0.717) is 16.1 Å². The van der Waals surface area contributed by atoms with Crippen LogP contribution in [0.5, 0.6) is 0 Å². The SMILES string of the molecule is COC(=O)CC(NC(=O)NC(C)c1cccc([N+](=O)[O-])c1)c1ccccc1Cl. The zero-order valence-corrected chi connectivity index (χ0v) is 16.1. The molecule has 0 aliphatic carbocycles. The summed E-state index contributed by atoms with van der Waals surface area (Å²) in [6.45, 7) is 1.70. The number of methoxy groups -OCH3 is 1. The Morgan fingerprint density at radius 1 is 1.18 bits per heavy atom. The fraction of sp³-hybridized carbons (Fsp3) is 0.263. The van der Waals surface area contributed by atoms with E-state index in [2.05, 4.69) is 10.6 Å². The van der Waals surface area contributed by atoms with Gasteiger partial charge in [0, 0.05) is 17.2 Å². The van der Waals surface area contributed by atoms with Crippen LogP contribution < -0.4 is 10.6 Å². The molecule has 2 N–H and O–H groups in total. The number of hydrogen-bond acceptors (Lipinski definition) is 5. The highest BCUT2D eigenvalue weighted by molar-refractivity contribution is 6.31. The fourth-order valence-corrected chi connectivity index (χ4v) is 2.90. The summed E-state index contributed by atoms with van der Waals surface area (Å²) in [4.78, 5) is 34.6. The summed E-state index contributed by atoms with van der Waals surface area (Å²) >= 11 is 6.19. The zero-order valence-electron chi connectivity index (χ0n) is 15.3. The Morgan fingerprint density at radius 3 is 2.54 bits per heavy atom. The standard InChI is InChI=1S/C19H20ClN3O5/c1-12(13-6-5-7-14(10-13)23(26)27)21-19(25)22-17(11-18(24)28-2)15-8-3-4-9-16(15)20/h3-10,12,17H,11H2,1-2H3,(H2,21,22,25). The maximum Gasteiger partial charge on any atom is 0.315 e. The quantitative estimate of drug-likeness (QED) is 0.412. The summed E-state index contributed by atoms with van der Waals surface area (Å²) in [6, 6.07) is 11.1. The average Bonchev–Trinajstić information content (AvgIpc) is 2.67. The van der Waals surface area contributed by atoms with Gasteiger partial charge in [-0.1, -0.05) is 41.9 Å². The van der Waals surface area contributed by atoms with E-state index in [9.17, 15) is 19.7 Å². The molecule has 9 heteroatoms. The highest BCUT2D eigenvalue weighted by Gasteiger charge is 2.22. The highest BCUT2D eigenvalue weighted by Crippen LogP contribution is 2.26. The molecule has 2 rings (SSSR count). The van der Waals surface area contributed by atoms with Crippen molar-refractivity contribution in [2.24, 2.45) is 0 Å². The molecule has 0 saturated heterocycles. The van der Waals surface area contributed by atoms with Gasteiger partial charge in [0.1, 0.15) is 0 Å². The largest absolute Gasteiger partial charge is 0.469 e. The first-order chi connectivity index (χ1) is 13.3. The van der Waals surface area contributed by atoms with E-state index in [-0.39, 0.29) is 12.1 Å². The van der Waals surface area contributed by atoms with Crippen LogP contribution in [-0.2, 0) is 9.53 Å². The summed E-state index contributed by atoms with van der Waals surface area (Å²) in [5.74, 6) is -0.503. The van der Waals surface area contributed by atoms with Gasteiger partial charge in [-0.2, -0.15) is 0 Å². The minimum Gasteiger partial charge on any atom is -0.469 e. The van der Waals surface area contributed by atoms with Crippen LogP contribution in [0.3, 0.4) is 0 Å². The highest BCUT2D eigenvalue weighted by atomic mass is 35.5. The van der Waals surface area contributed by atoms with Gasteiger partial charge in [0.25, 0.3) is 5.69 Å². The number of amides is 2. The molecule has 0 fully saturated rings. The summed E-state index contributed by atoms with van der Waals surface area (Å²) in [6.07, 6.45) is -0.0984. The van der Waals surface area contributed by atoms with Crippen LogP contribution in [-0.4, -0.2) is 24.0 Å². The van der Waals surface area contributed by atoms with Gasteiger partial charge in [0.2, 0.25) is 0 Å². The third kappa shape index (κ3) is 5.68. The number of nitrogens with zero attached hydrogens (tertiary/aromatic N) is 1. The number of ether oxygens (including phenoxy) is 1. The first kappa shape index (κ1) is 21.2. The lowest BCUT2D eigenvalue weighted by atomic mass is 10.0. The van der Waals surface area contributed by atoms with Crippen LogP contribution in [0.25, 0.3) is 0 Å². The monoisotopic (exact) mass is 405 g/mol. The minimum atomic E-state index is -0.696. The summed E-state index contributed by atoms with van der Waals surface area (Å²) in [5, 5.41) is 16.7. The molecule has 0 aromatic heterocycles. The molecule has 0 bridgehead atoms. The second-order valence-corrected chi connectivity index (χ2v) is 6.45. The molecule has 0 aliphatic heterocycles. The Balaban J connectivity index is 2.12. The lowest BCUT2D eigenvalue weighted by Gasteiger charge is -2.21. The second-order valence-electron chi connectivity index (χ2n) is 6.05. The first-order valence-corrected chi connectivity index (χ1v) is 8.82. The van der Waals surface area contributed by atoms with Crippen molar-refractivity contribution in [3.8, 4) is 0 Å². The molecule has 2 aromatic carbocycles. The number of benzene rings is 2. The topological polar surface area (TPSA) is 111 Å². The number of carbonyl (C=O) groups excluding carboxylic acids is 2. The zero-order chi connectivity index (χ0) is 20.7. The van der Waals surface area contributed by atoms with Gasteiger partial charge in [-0.15, -0.1) is 0 Å². The molecule has 0 radical (unpaired) electrons. The van der Waals surface area contributed by atoms with E-state index >= 15 is 0 Å². The molecule has 0 aliphatic rings. The number of halogens is 1. The smallest absolute Gasteiger partial charge is 0.315 e. The number of nitro groups is 1. The molecule has 28 heavy (non-hydrogen) atoms. The van der Waals surface area contributed by atoms with Crippen molar-refractivity contribution in [2.75, 3.05) is 7.11 Å². The number of carbonyl (C=O) groups is 2. The van der Waals surface area contributed by atoms with Crippen molar-refractivity contribution in [1.82, 2.24) is 10.6 Å². The summed E-state index contributed by atoms with van der Waals surface area (Å²) < 4.78 is 4.69. The number of rotatable bonds is 7. The molecular weight excluding hydrogens is 386 g/mol. The van der Waals surface area contributed by atoms with Crippen LogP contribution >= 0.6 is 11.6 Å². The van der Waals surface area contributed by atoms with E-state index in [1.165, 1.54) is 19.2 Å². The Morgan fingerprint density at radius 2 is 1.89 bits per heavy atom. The number of non-ortho nitro benzene ring substituents is 1. The molecule has 0 heterocycles. The van der Waals surface area contributed by atoms with Crippen LogP contribution in [0.15, 0.2) is 48.5 Å². The molecule has 148 valence electrons. The number of nitro benzene ring substituents is 1. The predicted octanol–water partition coefficient (Wildman–Crippen LogP) is 3.91. The second kappa shape index (κ2) is 9.70. The minimum absolute atomic E-state index is 0.0637. The Hall–Kier alpha value is -3.13. The molecule has 2 unspecified atom stereocenters. The normalized spacial score (nSPS) is 12.5. The predicted molar refractivity (Wildman–Crippen MR) is 104 cm³/mol. The van der Waals surface area contributed by atoms with Crippen LogP contribution in [0, 0.1) is 10.1 Å². The van der Waals surface area contributed by atoms with Crippen molar-refractivity contribution in [2.45, 2.75) is 25.4 Å². The van der Waals surface area contributed by atoms with Crippen molar-refractivity contribution in [3.63, 3.8) is 0 Å². The maximum absolute atomic E-state index is 12.5. The number of hydrogen-bond donors (Lipinski definition) is 2. The Bertz CT molecular complexity index is 874.